The molecule has 1 aromatic carbocycles. The SMILES string of the molecule is Cc1nn(-c2cccc(Cl)c2)nc1C(=O)NCCN1CCCC(C)C1. The number of likely N-dealkylation sites (tertiary alicyclic amines) is 1. The van der Waals surface area contributed by atoms with Crippen LogP contribution in [0.5, 0.6) is 0 Å². The molecule has 1 aliphatic rings. The fourth-order valence-corrected chi connectivity index (χ4v) is 3.39. The summed E-state index contributed by atoms with van der Waals surface area (Å²) in [6.07, 6.45) is 2.54. The molecule has 1 N–H and O–H groups in total. The molecule has 1 amide bonds. The monoisotopic (exact) mass is 361 g/mol. The van der Waals surface area contributed by atoms with Gasteiger partial charge in [-0.3, -0.25) is 4.79 Å². The van der Waals surface area contributed by atoms with Gasteiger partial charge in [0, 0.05) is 24.7 Å². The fraction of sp³-hybridized carbons (Fsp3) is 0.500. The standard InChI is InChI=1S/C18H24ClN5O/c1-13-5-4-9-23(12-13)10-8-20-18(25)17-14(2)21-24(22-17)16-7-3-6-15(19)11-16/h3,6-7,11,13H,4-5,8-10,12H2,1-2H3,(H,20,25). The van der Waals surface area contributed by atoms with E-state index in [1.807, 2.05) is 12.1 Å². The lowest BCUT2D eigenvalue weighted by molar-refractivity contribution is 0.0938. The summed E-state index contributed by atoms with van der Waals surface area (Å²) in [5, 5.41) is 12.2. The van der Waals surface area contributed by atoms with Crippen molar-refractivity contribution in [2.75, 3.05) is 26.2 Å². The second-order valence-corrected chi connectivity index (χ2v) is 7.14. The van der Waals surface area contributed by atoms with Crippen LogP contribution in [0.25, 0.3) is 5.69 Å². The Labute approximate surface area is 153 Å². The van der Waals surface area contributed by atoms with Crippen LogP contribution in [0.15, 0.2) is 24.3 Å². The maximum Gasteiger partial charge on any atom is 0.273 e. The van der Waals surface area contributed by atoms with Crippen LogP contribution in [0.1, 0.15) is 35.9 Å². The van der Waals surface area contributed by atoms with Gasteiger partial charge in [-0.15, -0.1) is 5.10 Å². The average molecular weight is 362 g/mol. The van der Waals surface area contributed by atoms with Crippen molar-refractivity contribution < 1.29 is 4.79 Å². The van der Waals surface area contributed by atoms with Crippen LogP contribution in [-0.2, 0) is 0 Å². The number of piperidine rings is 1. The minimum absolute atomic E-state index is 0.184. The smallest absolute Gasteiger partial charge is 0.273 e. The lowest BCUT2D eigenvalue weighted by Gasteiger charge is -2.30. The summed E-state index contributed by atoms with van der Waals surface area (Å²) in [5.41, 5.74) is 1.69. The topological polar surface area (TPSA) is 63.1 Å². The first-order chi connectivity index (χ1) is 12.0. The summed E-state index contributed by atoms with van der Waals surface area (Å²) >= 11 is 6.00. The van der Waals surface area contributed by atoms with Crippen LogP contribution < -0.4 is 5.32 Å². The molecule has 0 aliphatic carbocycles. The first-order valence-electron chi connectivity index (χ1n) is 8.73. The number of aromatic nitrogens is 3. The second kappa shape index (κ2) is 7.97. The van der Waals surface area contributed by atoms with Gasteiger partial charge in [0.05, 0.1) is 11.4 Å². The Kier molecular flexibility index (Phi) is 5.71. The Morgan fingerprint density at radius 3 is 3.00 bits per heavy atom. The third kappa shape index (κ3) is 4.58. The molecule has 2 heterocycles. The van der Waals surface area contributed by atoms with E-state index < -0.39 is 0 Å². The first kappa shape index (κ1) is 17.9. The van der Waals surface area contributed by atoms with Crippen molar-refractivity contribution in [3.63, 3.8) is 0 Å². The molecule has 1 saturated heterocycles. The van der Waals surface area contributed by atoms with Crippen molar-refractivity contribution >= 4 is 17.5 Å². The van der Waals surface area contributed by atoms with Crippen LogP contribution in [0.2, 0.25) is 5.02 Å². The van der Waals surface area contributed by atoms with Gasteiger partial charge in [-0.2, -0.15) is 9.90 Å². The largest absolute Gasteiger partial charge is 0.349 e. The van der Waals surface area contributed by atoms with E-state index in [4.69, 9.17) is 11.6 Å². The second-order valence-electron chi connectivity index (χ2n) is 6.71. The number of nitrogens with one attached hydrogen (secondary N) is 1. The highest BCUT2D eigenvalue weighted by Crippen LogP contribution is 2.15. The maximum atomic E-state index is 12.4. The number of rotatable bonds is 5. The van der Waals surface area contributed by atoms with E-state index in [1.54, 1.807) is 19.1 Å². The predicted octanol–water partition coefficient (Wildman–Crippen LogP) is 2.69. The van der Waals surface area contributed by atoms with E-state index in [0.29, 0.717) is 23.0 Å². The number of aryl methyl sites for hydroxylation is 1. The van der Waals surface area contributed by atoms with Gasteiger partial charge < -0.3 is 10.2 Å². The number of nitrogens with zero attached hydrogens (tertiary/aromatic N) is 4. The minimum atomic E-state index is -0.184. The number of hydrogen-bond donors (Lipinski definition) is 1. The Hall–Kier alpha value is -1.92. The van der Waals surface area contributed by atoms with Gasteiger partial charge in [-0.25, -0.2) is 0 Å². The Morgan fingerprint density at radius 2 is 2.24 bits per heavy atom. The van der Waals surface area contributed by atoms with Crippen molar-refractivity contribution in [3.8, 4) is 5.69 Å². The van der Waals surface area contributed by atoms with Gasteiger partial charge in [0.2, 0.25) is 0 Å². The molecule has 1 atom stereocenters. The molecule has 1 unspecified atom stereocenters. The van der Waals surface area contributed by atoms with E-state index >= 15 is 0 Å². The summed E-state index contributed by atoms with van der Waals surface area (Å²) < 4.78 is 0. The summed E-state index contributed by atoms with van der Waals surface area (Å²) in [5.74, 6) is 0.556. The zero-order chi connectivity index (χ0) is 17.8. The number of carbonyl (C=O) groups excluding carboxylic acids is 1. The summed E-state index contributed by atoms with van der Waals surface area (Å²) in [4.78, 5) is 16.3. The van der Waals surface area contributed by atoms with Gasteiger partial charge in [0.25, 0.3) is 5.91 Å². The van der Waals surface area contributed by atoms with Crippen molar-refractivity contribution in [3.05, 3.63) is 40.7 Å². The fourth-order valence-electron chi connectivity index (χ4n) is 3.21. The highest BCUT2D eigenvalue weighted by Gasteiger charge is 2.18. The van der Waals surface area contributed by atoms with Crippen molar-refractivity contribution in [2.45, 2.75) is 26.7 Å². The van der Waals surface area contributed by atoms with Gasteiger partial charge in [0.15, 0.2) is 5.69 Å². The number of halogens is 1. The van der Waals surface area contributed by atoms with Crippen molar-refractivity contribution in [2.24, 2.45) is 5.92 Å². The zero-order valence-electron chi connectivity index (χ0n) is 14.7. The molecular formula is C18H24ClN5O. The molecule has 0 radical (unpaired) electrons. The molecule has 25 heavy (non-hydrogen) atoms. The molecule has 1 fully saturated rings. The summed E-state index contributed by atoms with van der Waals surface area (Å²) in [6.45, 7) is 7.79. The third-order valence-electron chi connectivity index (χ3n) is 4.49. The highest BCUT2D eigenvalue weighted by molar-refractivity contribution is 6.30. The summed E-state index contributed by atoms with van der Waals surface area (Å²) in [7, 11) is 0. The average Bonchev–Trinajstić information content (AvgIpc) is 2.97. The maximum absolute atomic E-state index is 12.4. The van der Waals surface area contributed by atoms with Gasteiger partial charge in [0.1, 0.15) is 0 Å². The minimum Gasteiger partial charge on any atom is -0.349 e. The number of carbonyl (C=O) groups is 1. The van der Waals surface area contributed by atoms with Crippen molar-refractivity contribution in [1.82, 2.24) is 25.2 Å². The highest BCUT2D eigenvalue weighted by atomic mass is 35.5. The van der Waals surface area contributed by atoms with E-state index in [-0.39, 0.29) is 5.91 Å². The molecule has 7 heteroatoms. The quantitative estimate of drug-likeness (QED) is 0.889. The van der Waals surface area contributed by atoms with Gasteiger partial charge >= 0.3 is 0 Å². The molecule has 2 aromatic rings. The normalized spacial score (nSPS) is 18.3. The molecule has 0 spiro atoms. The van der Waals surface area contributed by atoms with E-state index in [2.05, 4.69) is 27.3 Å². The lowest BCUT2D eigenvalue weighted by Crippen LogP contribution is -2.40. The molecule has 0 saturated carbocycles. The third-order valence-corrected chi connectivity index (χ3v) is 4.73. The van der Waals surface area contributed by atoms with Crippen LogP contribution in [0.3, 0.4) is 0 Å². The zero-order valence-corrected chi connectivity index (χ0v) is 15.5. The van der Waals surface area contributed by atoms with Crippen LogP contribution in [-0.4, -0.2) is 52.0 Å². The Balaban J connectivity index is 1.59. The van der Waals surface area contributed by atoms with Gasteiger partial charge in [-0.1, -0.05) is 24.6 Å². The number of hydrogen-bond acceptors (Lipinski definition) is 4. The number of benzene rings is 1. The van der Waals surface area contributed by atoms with Crippen LogP contribution >= 0.6 is 11.6 Å². The molecule has 0 bridgehead atoms. The molecule has 1 aliphatic heterocycles. The first-order valence-corrected chi connectivity index (χ1v) is 9.11. The Bertz CT molecular complexity index is 745. The van der Waals surface area contributed by atoms with Crippen molar-refractivity contribution in [1.29, 1.82) is 0 Å². The number of amides is 1. The predicted molar refractivity (Wildman–Crippen MR) is 98.3 cm³/mol. The molecule has 134 valence electrons. The lowest BCUT2D eigenvalue weighted by atomic mass is 10.0. The van der Waals surface area contributed by atoms with Gasteiger partial charge in [-0.05, 0) is 50.4 Å². The van der Waals surface area contributed by atoms with Crippen LogP contribution in [0.4, 0.5) is 0 Å². The van der Waals surface area contributed by atoms with E-state index in [0.717, 1.165) is 31.2 Å². The van der Waals surface area contributed by atoms with E-state index in [9.17, 15) is 4.79 Å². The Morgan fingerprint density at radius 1 is 1.40 bits per heavy atom. The van der Waals surface area contributed by atoms with Crippen LogP contribution in [0, 0.1) is 12.8 Å². The molecule has 1 aromatic heterocycles. The van der Waals surface area contributed by atoms with E-state index in [1.165, 1.54) is 17.6 Å². The molecule has 3 rings (SSSR count). The molecular weight excluding hydrogens is 338 g/mol. The molecule has 6 nitrogen and oxygen atoms in total. The summed E-state index contributed by atoms with van der Waals surface area (Å²) in [6, 6.07) is 7.23.